The van der Waals surface area contributed by atoms with Crippen LogP contribution >= 0.6 is 11.3 Å². The van der Waals surface area contributed by atoms with Gasteiger partial charge in [0.25, 0.3) is 5.91 Å². The molecule has 0 bridgehead atoms. The molecule has 5 nitrogen and oxygen atoms in total. The minimum Gasteiger partial charge on any atom is -0.392 e. The van der Waals surface area contributed by atoms with Crippen LogP contribution in [0.25, 0.3) is 0 Å². The number of rotatable bonds is 10. The van der Waals surface area contributed by atoms with Crippen molar-refractivity contribution >= 4 is 23.1 Å². The van der Waals surface area contributed by atoms with Gasteiger partial charge in [-0.15, -0.1) is 11.3 Å². The van der Waals surface area contributed by atoms with Crippen molar-refractivity contribution in [3.63, 3.8) is 0 Å². The molecule has 5 rings (SSSR count). The smallest absolute Gasteiger partial charge is 0.392 e. The van der Waals surface area contributed by atoms with E-state index in [0.717, 1.165) is 29.8 Å². The van der Waals surface area contributed by atoms with Crippen molar-refractivity contribution in [2.24, 2.45) is 4.99 Å². The second kappa shape index (κ2) is 15.3. The van der Waals surface area contributed by atoms with Gasteiger partial charge in [-0.3, -0.25) is 9.69 Å². The minimum absolute atomic E-state index is 0.0553. The summed E-state index contributed by atoms with van der Waals surface area (Å²) in [4.78, 5) is 20.8. The fourth-order valence-corrected chi connectivity index (χ4v) is 6.42. The number of thiophene rings is 1. The molecule has 0 aliphatic carbocycles. The van der Waals surface area contributed by atoms with Gasteiger partial charge < -0.3 is 10.4 Å². The molecule has 0 fully saturated rings. The lowest BCUT2D eigenvalue weighted by Gasteiger charge is -2.28. The Morgan fingerprint density at radius 3 is 2.02 bits per heavy atom. The first-order valence-electron chi connectivity index (χ1n) is 15.3. The van der Waals surface area contributed by atoms with Crippen LogP contribution < -0.4 is 5.32 Å². The molecule has 2 atom stereocenters. The summed E-state index contributed by atoms with van der Waals surface area (Å²) in [6.45, 7) is 6.11. The van der Waals surface area contributed by atoms with Crippen molar-refractivity contribution in [1.82, 2.24) is 10.2 Å². The maximum absolute atomic E-state index is 13.8. The first-order chi connectivity index (χ1) is 22.3. The maximum Gasteiger partial charge on any atom is 0.416 e. The molecule has 47 heavy (non-hydrogen) atoms. The van der Waals surface area contributed by atoms with Crippen molar-refractivity contribution in [2.75, 3.05) is 20.1 Å². The Morgan fingerprint density at radius 1 is 0.979 bits per heavy atom. The summed E-state index contributed by atoms with van der Waals surface area (Å²) in [7, 11) is 1.88. The van der Waals surface area contributed by atoms with Crippen LogP contribution in [0, 0.1) is 18.6 Å². The van der Waals surface area contributed by atoms with Gasteiger partial charge in [-0.1, -0.05) is 49.4 Å². The molecule has 0 saturated heterocycles. The van der Waals surface area contributed by atoms with Gasteiger partial charge in [-0.05, 0) is 110 Å². The second-order valence-electron chi connectivity index (χ2n) is 11.5. The minimum atomic E-state index is -4.25. The standard InChI is InChI=1S/C22H18F2N2O2S.C14H20F3N/c1-14(27)13-26-20(19-3-2-12-29-19)25-22(21(26)28,15-4-8-17(23)9-5-15)16-6-10-18(24)11-7-16;1-4-11(7-8-18-3)12-5-6-13(10(2)9-12)14(15,16)17/h2-12,14,27H,13H2,1H3;5-6,9,11,18H,4,7-8H2,1-3H3. The number of hydrogen-bond donors (Lipinski definition) is 2. The molecular formula is C36H38F5N3O2S. The summed E-state index contributed by atoms with van der Waals surface area (Å²) in [6, 6.07) is 19.3. The molecule has 11 heteroatoms. The summed E-state index contributed by atoms with van der Waals surface area (Å²) < 4.78 is 65.1. The Morgan fingerprint density at radius 2 is 1.57 bits per heavy atom. The summed E-state index contributed by atoms with van der Waals surface area (Å²) in [5, 5.41) is 14.9. The van der Waals surface area contributed by atoms with E-state index in [2.05, 4.69) is 12.2 Å². The molecule has 1 aromatic heterocycles. The van der Waals surface area contributed by atoms with Crippen LogP contribution in [-0.2, 0) is 16.5 Å². The number of aryl methyl sites for hydroxylation is 1. The zero-order valence-electron chi connectivity index (χ0n) is 26.6. The third-order valence-corrected chi connectivity index (χ3v) is 8.92. The highest BCUT2D eigenvalue weighted by atomic mass is 32.1. The van der Waals surface area contributed by atoms with E-state index in [4.69, 9.17) is 4.99 Å². The first kappa shape index (κ1) is 35.9. The molecule has 250 valence electrons. The lowest BCUT2D eigenvalue weighted by atomic mass is 9.82. The van der Waals surface area contributed by atoms with E-state index in [-0.39, 0.29) is 12.5 Å². The number of nitrogens with one attached hydrogen (secondary N) is 1. The number of hydrogen-bond acceptors (Lipinski definition) is 5. The molecule has 1 aliphatic rings. The highest BCUT2D eigenvalue weighted by Crippen LogP contribution is 2.42. The van der Waals surface area contributed by atoms with E-state index in [9.17, 15) is 31.9 Å². The van der Waals surface area contributed by atoms with Crippen LogP contribution in [0.4, 0.5) is 22.0 Å². The third kappa shape index (κ3) is 8.14. The Hall–Kier alpha value is -3.93. The predicted molar refractivity (Wildman–Crippen MR) is 176 cm³/mol. The van der Waals surface area contributed by atoms with Crippen molar-refractivity contribution in [2.45, 2.75) is 57.3 Å². The molecule has 0 saturated carbocycles. The number of amides is 1. The summed E-state index contributed by atoms with van der Waals surface area (Å²) >= 11 is 1.42. The van der Waals surface area contributed by atoms with Gasteiger partial charge in [0.15, 0.2) is 5.54 Å². The third-order valence-electron chi connectivity index (χ3n) is 8.06. The average Bonchev–Trinajstić information content (AvgIpc) is 3.65. The number of aliphatic hydroxyl groups excluding tert-OH is 1. The molecule has 1 amide bonds. The summed E-state index contributed by atoms with van der Waals surface area (Å²) in [5.74, 6) is -0.494. The predicted octanol–water partition coefficient (Wildman–Crippen LogP) is 8.06. The molecule has 2 N–H and O–H groups in total. The molecule has 0 spiro atoms. The quantitative estimate of drug-likeness (QED) is 0.168. The largest absolute Gasteiger partial charge is 0.416 e. The number of carbonyl (C=O) groups excluding carboxylic acids is 1. The fourth-order valence-electron chi connectivity index (χ4n) is 5.69. The monoisotopic (exact) mass is 671 g/mol. The number of β-amino-alcohol motifs (C(OH)–C–C–N with tert-alkyl or cyclic N) is 1. The Kier molecular flexibility index (Phi) is 11.7. The van der Waals surface area contributed by atoms with E-state index in [1.54, 1.807) is 19.1 Å². The number of nitrogens with zero attached hydrogens (tertiary/aromatic N) is 2. The Balaban J connectivity index is 0.000000240. The number of alkyl halides is 3. The van der Waals surface area contributed by atoms with Crippen LogP contribution in [0.1, 0.15) is 65.3 Å². The molecule has 0 radical (unpaired) electrons. The molecule has 2 heterocycles. The highest BCUT2D eigenvalue weighted by Gasteiger charge is 2.51. The zero-order valence-corrected chi connectivity index (χ0v) is 27.4. The average molecular weight is 672 g/mol. The zero-order chi connectivity index (χ0) is 34.4. The number of carbonyl (C=O) groups is 1. The van der Waals surface area contributed by atoms with E-state index in [0.29, 0.717) is 28.4 Å². The fraction of sp³-hybridized carbons (Fsp3) is 0.333. The van der Waals surface area contributed by atoms with E-state index in [1.165, 1.54) is 77.8 Å². The van der Waals surface area contributed by atoms with E-state index in [1.807, 2.05) is 24.6 Å². The molecule has 3 aromatic carbocycles. The Labute approximate surface area is 275 Å². The maximum atomic E-state index is 13.8. The van der Waals surface area contributed by atoms with E-state index < -0.39 is 35.0 Å². The highest BCUT2D eigenvalue weighted by molar-refractivity contribution is 7.12. The number of amidine groups is 1. The van der Waals surface area contributed by atoms with Crippen molar-refractivity contribution in [3.8, 4) is 0 Å². The summed E-state index contributed by atoms with van der Waals surface area (Å²) in [5.41, 5.74) is 0.224. The lowest BCUT2D eigenvalue weighted by Crippen LogP contribution is -2.44. The van der Waals surface area contributed by atoms with E-state index >= 15 is 0 Å². The van der Waals surface area contributed by atoms with Crippen molar-refractivity contribution in [1.29, 1.82) is 0 Å². The molecular weight excluding hydrogens is 633 g/mol. The Bertz CT molecular complexity index is 1610. The topological polar surface area (TPSA) is 64.9 Å². The molecule has 2 unspecified atom stereocenters. The first-order valence-corrected chi connectivity index (χ1v) is 16.2. The van der Waals surface area contributed by atoms with Gasteiger partial charge in [-0.2, -0.15) is 13.2 Å². The van der Waals surface area contributed by atoms with Crippen LogP contribution in [0.3, 0.4) is 0 Å². The second-order valence-corrected chi connectivity index (χ2v) is 12.4. The molecule has 1 aliphatic heterocycles. The van der Waals surface area contributed by atoms with Gasteiger partial charge in [-0.25, -0.2) is 13.8 Å². The number of aliphatic imine (C=N–C) groups is 1. The van der Waals surface area contributed by atoms with Crippen molar-refractivity contribution in [3.05, 3.63) is 129 Å². The molecule has 4 aromatic rings. The summed E-state index contributed by atoms with van der Waals surface area (Å²) in [6.07, 6.45) is -3.15. The van der Waals surface area contributed by atoms with Gasteiger partial charge in [0.1, 0.15) is 17.5 Å². The number of benzene rings is 3. The van der Waals surface area contributed by atoms with Crippen LogP contribution in [0.5, 0.6) is 0 Å². The SMILES string of the molecule is CC(O)CN1C(=O)C(c2ccc(F)cc2)(c2ccc(F)cc2)N=C1c1cccs1.CCC(CCNC)c1ccc(C(F)(F)F)c(C)c1. The number of aliphatic hydroxyl groups is 1. The van der Waals surface area contributed by atoms with Gasteiger partial charge in [0.2, 0.25) is 0 Å². The van der Waals surface area contributed by atoms with Crippen LogP contribution in [0.2, 0.25) is 0 Å². The van der Waals surface area contributed by atoms with Gasteiger partial charge in [0, 0.05) is 0 Å². The van der Waals surface area contributed by atoms with Crippen molar-refractivity contribution < 1.29 is 31.9 Å². The number of halogens is 5. The van der Waals surface area contributed by atoms with Crippen LogP contribution in [-0.4, -0.2) is 48.0 Å². The van der Waals surface area contributed by atoms with Gasteiger partial charge >= 0.3 is 6.18 Å². The van der Waals surface area contributed by atoms with Crippen LogP contribution in [0.15, 0.2) is 89.2 Å². The normalized spacial score (nSPS) is 15.6. The lowest BCUT2D eigenvalue weighted by molar-refractivity contribution is -0.138. The van der Waals surface area contributed by atoms with Gasteiger partial charge in [0.05, 0.1) is 23.1 Å².